The van der Waals surface area contributed by atoms with Crippen LogP contribution in [-0.4, -0.2) is 43.4 Å². The van der Waals surface area contributed by atoms with E-state index < -0.39 is 0 Å². The minimum absolute atomic E-state index is 0.0245. The third-order valence-corrected chi connectivity index (χ3v) is 4.63. The van der Waals surface area contributed by atoms with Gasteiger partial charge in [-0.15, -0.1) is 0 Å². The summed E-state index contributed by atoms with van der Waals surface area (Å²) in [6, 6.07) is 3.78. The highest BCUT2D eigenvalue weighted by Gasteiger charge is 2.54. The summed E-state index contributed by atoms with van der Waals surface area (Å²) in [5, 5.41) is 3.16. The van der Waals surface area contributed by atoms with Gasteiger partial charge in [-0.25, -0.2) is 0 Å². The van der Waals surface area contributed by atoms with Crippen molar-refractivity contribution >= 4 is 5.91 Å². The lowest BCUT2D eigenvalue weighted by atomic mass is 9.67. The van der Waals surface area contributed by atoms with E-state index in [1.807, 2.05) is 13.0 Å². The number of nitrogens with one attached hydrogen (secondary N) is 1. The average Bonchev–Trinajstić information content (AvgIpc) is 2.94. The molecule has 0 unspecified atom stereocenters. The Morgan fingerprint density at radius 3 is 3.19 bits per heavy atom. The number of methoxy groups -OCH3 is 1. The topological polar surface area (TPSA) is 60.5 Å². The van der Waals surface area contributed by atoms with Gasteiger partial charge in [-0.05, 0) is 25.0 Å². The van der Waals surface area contributed by atoms with E-state index in [1.165, 1.54) is 0 Å². The van der Waals surface area contributed by atoms with Gasteiger partial charge in [-0.2, -0.15) is 0 Å². The maximum atomic E-state index is 12.4. The molecule has 5 heteroatoms. The molecule has 1 aromatic rings. The molecule has 0 radical (unpaired) electrons. The normalized spacial score (nSPS) is 30.6. The van der Waals surface area contributed by atoms with Gasteiger partial charge in [0.25, 0.3) is 5.91 Å². The lowest BCUT2D eigenvalue weighted by Crippen LogP contribution is -2.62. The fraction of sp³-hybridized carbons (Fsp3) is 0.625. The number of fused-ring (bicyclic) bond motifs is 1. The van der Waals surface area contributed by atoms with Gasteiger partial charge in [0.15, 0.2) is 0 Å². The number of aryl methyl sites for hydroxylation is 1. The number of amides is 1. The molecule has 3 rings (SSSR count). The molecule has 114 valence electrons. The third-order valence-electron chi connectivity index (χ3n) is 4.63. The first-order valence-electron chi connectivity index (χ1n) is 7.61. The Balaban J connectivity index is 1.68. The van der Waals surface area contributed by atoms with Gasteiger partial charge >= 0.3 is 0 Å². The van der Waals surface area contributed by atoms with Crippen LogP contribution in [0.5, 0.6) is 0 Å². The van der Waals surface area contributed by atoms with Crippen molar-refractivity contribution in [1.29, 1.82) is 0 Å². The Hall–Kier alpha value is -1.46. The maximum Gasteiger partial charge on any atom is 0.251 e. The number of carbonyl (C=O) groups is 1. The first-order chi connectivity index (χ1) is 10.2. The quantitative estimate of drug-likeness (QED) is 0.891. The zero-order chi connectivity index (χ0) is 14.8. The van der Waals surface area contributed by atoms with Crippen LogP contribution >= 0.6 is 0 Å². The molecule has 2 fully saturated rings. The van der Waals surface area contributed by atoms with Gasteiger partial charge in [0.2, 0.25) is 0 Å². The molecule has 21 heavy (non-hydrogen) atoms. The van der Waals surface area contributed by atoms with E-state index in [0.29, 0.717) is 18.1 Å². The van der Waals surface area contributed by atoms with Crippen molar-refractivity contribution in [2.45, 2.75) is 31.9 Å². The molecule has 1 aliphatic heterocycles. The monoisotopic (exact) mass is 290 g/mol. The second-order valence-electron chi connectivity index (χ2n) is 5.80. The average molecular weight is 290 g/mol. The van der Waals surface area contributed by atoms with Gasteiger partial charge < -0.3 is 14.8 Å². The van der Waals surface area contributed by atoms with Crippen molar-refractivity contribution in [1.82, 2.24) is 10.3 Å². The molecule has 1 aliphatic carbocycles. The largest absolute Gasteiger partial charge is 0.384 e. The standard InChI is InChI=1S/C16H22N2O3/c1-3-11-8-10(4-6-17-11)16(19)18-14-12-5-7-21-15(12)13(14)9-20-2/h4,6,8,12-15H,3,5,7,9H2,1-2H3,(H,18,19)/t12-,13+,14+,15-/m0/s1. The van der Waals surface area contributed by atoms with Crippen molar-refractivity contribution < 1.29 is 14.3 Å². The molecule has 1 aromatic heterocycles. The van der Waals surface area contributed by atoms with Crippen LogP contribution in [0.4, 0.5) is 0 Å². The fourth-order valence-electron chi connectivity index (χ4n) is 3.48. The number of aromatic nitrogens is 1. The molecular weight excluding hydrogens is 268 g/mol. The molecule has 1 N–H and O–H groups in total. The van der Waals surface area contributed by atoms with E-state index in [2.05, 4.69) is 10.3 Å². The molecule has 0 aromatic carbocycles. The Morgan fingerprint density at radius 2 is 2.43 bits per heavy atom. The van der Waals surface area contributed by atoms with E-state index in [-0.39, 0.29) is 24.0 Å². The summed E-state index contributed by atoms with van der Waals surface area (Å²) in [7, 11) is 1.69. The highest BCUT2D eigenvalue weighted by molar-refractivity contribution is 5.94. The number of ether oxygens (including phenoxy) is 2. The zero-order valence-corrected chi connectivity index (χ0v) is 12.5. The van der Waals surface area contributed by atoms with E-state index >= 15 is 0 Å². The van der Waals surface area contributed by atoms with Gasteiger partial charge in [-0.1, -0.05) is 6.92 Å². The summed E-state index contributed by atoms with van der Waals surface area (Å²) in [4.78, 5) is 16.7. The first-order valence-corrected chi connectivity index (χ1v) is 7.61. The van der Waals surface area contributed by atoms with E-state index in [0.717, 1.165) is 25.1 Å². The van der Waals surface area contributed by atoms with Crippen LogP contribution in [0.3, 0.4) is 0 Å². The van der Waals surface area contributed by atoms with Gasteiger partial charge in [-0.3, -0.25) is 9.78 Å². The lowest BCUT2D eigenvalue weighted by molar-refractivity contribution is -0.0809. The molecule has 1 saturated carbocycles. The third kappa shape index (κ3) is 2.68. The van der Waals surface area contributed by atoms with Gasteiger partial charge in [0, 0.05) is 49.0 Å². The molecule has 0 bridgehead atoms. The van der Waals surface area contributed by atoms with Crippen molar-refractivity contribution in [3.63, 3.8) is 0 Å². The van der Waals surface area contributed by atoms with Crippen LogP contribution in [-0.2, 0) is 15.9 Å². The number of nitrogens with zero attached hydrogens (tertiary/aromatic N) is 1. The first kappa shape index (κ1) is 14.5. The maximum absolute atomic E-state index is 12.4. The van der Waals surface area contributed by atoms with Crippen molar-refractivity contribution in [3.05, 3.63) is 29.6 Å². The van der Waals surface area contributed by atoms with Crippen LogP contribution in [0.15, 0.2) is 18.3 Å². The predicted molar refractivity (Wildman–Crippen MR) is 78.1 cm³/mol. The molecular formula is C16H22N2O3. The van der Waals surface area contributed by atoms with Gasteiger partial charge in [0.05, 0.1) is 12.7 Å². The van der Waals surface area contributed by atoms with Crippen molar-refractivity contribution in [2.24, 2.45) is 11.8 Å². The Morgan fingerprint density at radius 1 is 1.57 bits per heavy atom. The van der Waals surface area contributed by atoms with Crippen LogP contribution in [0.1, 0.15) is 29.4 Å². The summed E-state index contributed by atoms with van der Waals surface area (Å²) in [6.07, 6.45) is 3.80. The Bertz CT molecular complexity index is 520. The Kier molecular flexibility index (Phi) is 4.22. The van der Waals surface area contributed by atoms with E-state index in [1.54, 1.807) is 19.4 Å². The second-order valence-corrected chi connectivity index (χ2v) is 5.80. The van der Waals surface area contributed by atoms with Crippen LogP contribution in [0.25, 0.3) is 0 Å². The molecule has 2 heterocycles. The lowest BCUT2D eigenvalue weighted by Gasteiger charge is -2.47. The molecule has 5 nitrogen and oxygen atoms in total. The number of hydrogen-bond donors (Lipinski definition) is 1. The second kappa shape index (κ2) is 6.12. The molecule has 2 aliphatic rings. The number of carbonyl (C=O) groups excluding carboxylic acids is 1. The summed E-state index contributed by atoms with van der Waals surface area (Å²) in [5.41, 5.74) is 1.62. The van der Waals surface area contributed by atoms with E-state index in [4.69, 9.17) is 9.47 Å². The SMILES string of the molecule is CCc1cc(C(=O)N[C@H]2[C@@H](COC)[C@H]3OCC[C@@H]23)ccn1. The van der Waals surface area contributed by atoms with Crippen LogP contribution in [0.2, 0.25) is 0 Å². The van der Waals surface area contributed by atoms with Crippen molar-refractivity contribution in [3.8, 4) is 0 Å². The molecule has 1 saturated heterocycles. The van der Waals surface area contributed by atoms with E-state index in [9.17, 15) is 4.79 Å². The number of pyridine rings is 1. The summed E-state index contributed by atoms with van der Waals surface area (Å²) in [6.45, 7) is 3.45. The summed E-state index contributed by atoms with van der Waals surface area (Å²) < 4.78 is 11.0. The fourth-order valence-corrected chi connectivity index (χ4v) is 3.48. The van der Waals surface area contributed by atoms with Crippen molar-refractivity contribution in [2.75, 3.05) is 20.3 Å². The highest BCUT2D eigenvalue weighted by Crippen LogP contribution is 2.43. The smallest absolute Gasteiger partial charge is 0.251 e. The Labute approximate surface area is 125 Å². The van der Waals surface area contributed by atoms with Crippen LogP contribution < -0.4 is 5.32 Å². The number of hydrogen-bond acceptors (Lipinski definition) is 4. The molecule has 0 spiro atoms. The highest BCUT2D eigenvalue weighted by atomic mass is 16.5. The minimum atomic E-state index is -0.0245. The van der Waals surface area contributed by atoms with Crippen LogP contribution in [0, 0.1) is 11.8 Å². The summed E-state index contributed by atoms with van der Waals surface area (Å²) in [5.74, 6) is 0.670. The predicted octanol–water partition coefficient (Wildman–Crippen LogP) is 1.42. The summed E-state index contributed by atoms with van der Waals surface area (Å²) >= 11 is 0. The molecule has 1 amide bonds. The van der Waals surface area contributed by atoms with Gasteiger partial charge in [0.1, 0.15) is 0 Å². The molecule has 4 atom stereocenters. The minimum Gasteiger partial charge on any atom is -0.384 e. The zero-order valence-electron chi connectivity index (χ0n) is 12.5. The number of rotatable bonds is 5.